The maximum absolute atomic E-state index is 11.3. The fourth-order valence-corrected chi connectivity index (χ4v) is 3.62. The second kappa shape index (κ2) is 18.2. The minimum atomic E-state index is -0.698. The Morgan fingerprint density at radius 3 is 1.48 bits per heavy atom. The minimum Gasteiger partial charge on any atom is -0.481 e. The molecule has 0 heterocycles. The van der Waals surface area contributed by atoms with Gasteiger partial charge in [-0.25, -0.2) is 0 Å². The van der Waals surface area contributed by atoms with E-state index in [0.29, 0.717) is 6.42 Å². The third-order valence-electron chi connectivity index (χ3n) is 5.46. The normalized spacial score (nSPS) is 13.7. The summed E-state index contributed by atoms with van der Waals surface area (Å²) in [6, 6.07) is 0. The number of rotatable bonds is 19. The number of aliphatic carboxylic acids is 1. The quantitative estimate of drug-likeness (QED) is 0.257. The Kier molecular flexibility index (Phi) is 17.8. The zero-order chi connectivity index (χ0) is 18.8. The van der Waals surface area contributed by atoms with Gasteiger partial charge in [0.1, 0.15) is 0 Å². The lowest BCUT2D eigenvalue weighted by molar-refractivity contribution is -0.144. The summed E-state index contributed by atoms with van der Waals surface area (Å²) in [6.07, 6.45) is 19.9. The van der Waals surface area contributed by atoms with Crippen molar-refractivity contribution < 1.29 is 15.0 Å². The number of hydrogen-bond acceptors (Lipinski definition) is 2. The Hall–Kier alpha value is -0.570. The molecular formula is C22H44O3. The molecule has 0 saturated carbocycles. The van der Waals surface area contributed by atoms with Gasteiger partial charge in [0.15, 0.2) is 0 Å². The molecule has 3 heteroatoms. The van der Waals surface area contributed by atoms with E-state index in [1.165, 1.54) is 77.0 Å². The predicted molar refractivity (Wildman–Crippen MR) is 107 cm³/mol. The smallest absolute Gasteiger partial charge is 0.306 e. The summed E-state index contributed by atoms with van der Waals surface area (Å²) in [5, 5.41) is 18.3. The SMILES string of the molecule is CCCCCCCCCCCCCCCCC(C(=O)O)C(C)CCO. The highest BCUT2D eigenvalue weighted by molar-refractivity contribution is 5.70. The first kappa shape index (κ1) is 24.4. The van der Waals surface area contributed by atoms with Crippen LogP contribution in [0.2, 0.25) is 0 Å². The lowest BCUT2D eigenvalue weighted by Gasteiger charge is -2.19. The maximum atomic E-state index is 11.3. The number of carboxylic acid groups (broad SMARTS) is 1. The minimum absolute atomic E-state index is 0.0736. The van der Waals surface area contributed by atoms with Gasteiger partial charge in [0.25, 0.3) is 0 Å². The fourth-order valence-electron chi connectivity index (χ4n) is 3.62. The number of carboxylic acids is 1. The van der Waals surface area contributed by atoms with Crippen molar-refractivity contribution in [2.45, 2.75) is 117 Å². The maximum Gasteiger partial charge on any atom is 0.306 e. The van der Waals surface area contributed by atoms with Crippen LogP contribution in [0.5, 0.6) is 0 Å². The number of carbonyl (C=O) groups is 1. The fraction of sp³-hybridized carbons (Fsp3) is 0.955. The van der Waals surface area contributed by atoms with Gasteiger partial charge in [0.05, 0.1) is 5.92 Å². The number of hydrogen-bond donors (Lipinski definition) is 2. The van der Waals surface area contributed by atoms with Gasteiger partial charge in [-0.3, -0.25) is 4.79 Å². The van der Waals surface area contributed by atoms with Crippen LogP contribution in [-0.4, -0.2) is 22.8 Å². The van der Waals surface area contributed by atoms with E-state index in [1.807, 2.05) is 6.92 Å². The van der Waals surface area contributed by atoms with E-state index in [2.05, 4.69) is 6.92 Å². The summed E-state index contributed by atoms with van der Waals surface area (Å²) in [5.41, 5.74) is 0. The van der Waals surface area contributed by atoms with Gasteiger partial charge >= 0.3 is 5.97 Å². The van der Waals surface area contributed by atoms with Crippen LogP contribution in [0.3, 0.4) is 0 Å². The van der Waals surface area contributed by atoms with Gasteiger partial charge in [-0.1, -0.05) is 104 Å². The van der Waals surface area contributed by atoms with Crippen LogP contribution >= 0.6 is 0 Å². The molecule has 25 heavy (non-hydrogen) atoms. The van der Waals surface area contributed by atoms with Crippen molar-refractivity contribution in [2.24, 2.45) is 11.8 Å². The van der Waals surface area contributed by atoms with Crippen molar-refractivity contribution in [1.82, 2.24) is 0 Å². The van der Waals surface area contributed by atoms with Crippen molar-refractivity contribution in [1.29, 1.82) is 0 Å². The first-order chi connectivity index (χ1) is 12.1. The molecule has 0 amide bonds. The van der Waals surface area contributed by atoms with Crippen LogP contribution in [0.4, 0.5) is 0 Å². The topological polar surface area (TPSA) is 57.5 Å². The average Bonchev–Trinajstić information content (AvgIpc) is 2.58. The van der Waals surface area contributed by atoms with E-state index in [1.54, 1.807) is 0 Å². The molecule has 2 atom stereocenters. The number of aliphatic hydroxyl groups is 1. The van der Waals surface area contributed by atoms with Crippen LogP contribution in [0.1, 0.15) is 117 Å². The zero-order valence-corrected chi connectivity index (χ0v) is 17.0. The molecule has 0 bridgehead atoms. The Morgan fingerprint density at radius 2 is 1.12 bits per heavy atom. The lowest BCUT2D eigenvalue weighted by atomic mass is 9.87. The molecule has 2 N–H and O–H groups in total. The van der Waals surface area contributed by atoms with E-state index in [-0.39, 0.29) is 18.4 Å². The molecule has 0 spiro atoms. The highest BCUT2D eigenvalue weighted by atomic mass is 16.4. The third-order valence-corrected chi connectivity index (χ3v) is 5.46. The zero-order valence-electron chi connectivity index (χ0n) is 17.0. The van der Waals surface area contributed by atoms with Gasteiger partial charge < -0.3 is 10.2 Å². The molecule has 0 aromatic carbocycles. The Labute approximate surface area is 156 Å². The Balaban J connectivity index is 3.38. The molecule has 0 aliphatic carbocycles. The third kappa shape index (κ3) is 15.4. The van der Waals surface area contributed by atoms with Crippen LogP contribution in [0.25, 0.3) is 0 Å². The van der Waals surface area contributed by atoms with E-state index in [9.17, 15) is 9.90 Å². The second-order valence-electron chi connectivity index (χ2n) is 7.82. The number of unbranched alkanes of at least 4 members (excludes halogenated alkanes) is 13. The van der Waals surface area contributed by atoms with Gasteiger partial charge in [-0.15, -0.1) is 0 Å². The standard InChI is InChI=1S/C22H44O3/c1-3-4-5-6-7-8-9-10-11-12-13-14-15-16-17-21(22(24)25)20(2)18-19-23/h20-21,23H,3-19H2,1-2H3,(H,24,25). The van der Waals surface area contributed by atoms with E-state index >= 15 is 0 Å². The van der Waals surface area contributed by atoms with Crippen LogP contribution in [0.15, 0.2) is 0 Å². The van der Waals surface area contributed by atoms with Crippen LogP contribution in [0, 0.1) is 11.8 Å². The van der Waals surface area contributed by atoms with Crippen molar-refractivity contribution in [3.05, 3.63) is 0 Å². The van der Waals surface area contributed by atoms with E-state index < -0.39 is 5.97 Å². The predicted octanol–water partition coefficient (Wildman–Crippen LogP) is 6.58. The summed E-state index contributed by atoms with van der Waals surface area (Å²) in [7, 11) is 0. The van der Waals surface area contributed by atoms with Gasteiger partial charge in [-0.2, -0.15) is 0 Å². The molecule has 0 saturated heterocycles. The molecule has 0 aromatic rings. The summed E-state index contributed by atoms with van der Waals surface area (Å²) >= 11 is 0. The van der Waals surface area contributed by atoms with Crippen molar-refractivity contribution in [2.75, 3.05) is 6.61 Å². The molecule has 0 rings (SSSR count). The van der Waals surface area contributed by atoms with Gasteiger partial charge in [0, 0.05) is 6.61 Å². The van der Waals surface area contributed by atoms with Crippen molar-refractivity contribution in [3.63, 3.8) is 0 Å². The van der Waals surface area contributed by atoms with E-state index in [0.717, 1.165) is 19.3 Å². The van der Waals surface area contributed by atoms with Crippen molar-refractivity contribution in [3.8, 4) is 0 Å². The monoisotopic (exact) mass is 356 g/mol. The highest BCUT2D eigenvalue weighted by Crippen LogP contribution is 2.22. The van der Waals surface area contributed by atoms with Crippen LogP contribution < -0.4 is 0 Å². The molecule has 0 aliphatic heterocycles. The molecule has 150 valence electrons. The molecule has 0 aromatic heterocycles. The largest absolute Gasteiger partial charge is 0.481 e. The molecule has 3 nitrogen and oxygen atoms in total. The summed E-state index contributed by atoms with van der Waals surface area (Å²) < 4.78 is 0. The molecular weight excluding hydrogens is 312 g/mol. The Morgan fingerprint density at radius 1 is 0.720 bits per heavy atom. The first-order valence-corrected chi connectivity index (χ1v) is 11.0. The highest BCUT2D eigenvalue weighted by Gasteiger charge is 2.23. The van der Waals surface area contributed by atoms with Gasteiger partial charge in [-0.05, 0) is 18.8 Å². The molecule has 0 aliphatic rings. The summed E-state index contributed by atoms with van der Waals surface area (Å²) in [5.74, 6) is -0.912. The van der Waals surface area contributed by atoms with E-state index in [4.69, 9.17) is 5.11 Å². The van der Waals surface area contributed by atoms with Crippen LogP contribution in [-0.2, 0) is 4.79 Å². The molecule has 0 radical (unpaired) electrons. The van der Waals surface area contributed by atoms with Crippen molar-refractivity contribution >= 4 is 5.97 Å². The number of aliphatic hydroxyl groups excluding tert-OH is 1. The molecule has 0 fully saturated rings. The second-order valence-corrected chi connectivity index (χ2v) is 7.82. The Bertz CT molecular complexity index is 291. The molecule has 2 unspecified atom stereocenters. The summed E-state index contributed by atoms with van der Waals surface area (Å²) in [4.78, 5) is 11.3. The average molecular weight is 357 g/mol. The first-order valence-electron chi connectivity index (χ1n) is 11.0. The van der Waals surface area contributed by atoms with Gasteiger partial charge in [0.2, 0.25) is 0 Å². The summed E-state index contributed by atoms with van der Waals surface area (Å²) in [6.45, 7) is 4.30. The lowest BCUT2D eigenvalue weighted by Crippen LogP contribution is -2.22.